The third-order valence-corrected chi connectivity index (χ3v) is 3.89. The van der Waals surface area contributed by atoms with Crippen LogP contribution in [-0.2, 0) is 4.79 Å². The van der Waals surface area contributed by atoms with Crippen molar-refractivity contribution in [2.24, 2.45) is 0 Å². The standard InChI is InChI=1S/C12H17N3O2S/c1-14(2)11(16)9-5-3-4-6-15(9)12(17)10-7-13-8-18-10/h7-9H,3-6H2,1-2H3/t9-/m0/s1. The van der Waals surface area contributed by atoms with Crippen molar-refractivity contribution < 1.29 is 9.59 Å². The molecule has 98 valence electrons. The Hall–Kier alpha value is -1.43. The average Bonchev–Trinajstić information content (AvgIpc) is 2.90. The van der Waals surface area contributed by atoms with E-state index >= 15 is 0 Å². The smallest absolute Gasteiger partial charge is 0.266 e. The molecule has 2 rings (SSSR count). The molecule has 0 aliphatic carbocycles. The Kier molecular flexibility index (Phi) is 3.96. The van der Waals surface area contributed by atoms with E-state index < -0.39 is 0 Å². The molecule has 0 bridgehead atoms. The van der Waals surface area contributed by atoms with Gasteiger partial charge in [-0.1, -0.05) is 0 Å². The first kappa shape index (κ1) is 13.0. The number of aromatic nitrogens is 1. The van der Waals surface area contributed by atoms with Gasteiger partial charge in [0.1, 0.15) is 10.9 Å². The van der Waals surface area contributed by atoms with Crippen LogP contribution in [0.2, 0.25) is 0 Å². The fourth-order valence-electron chi connectivity index (χ4n) is 2.19. The maximum Gasteiger partial charge on any atom is 0.266 e. The van der Waals surface area contributed by atoms with Crippen LogP contribution >= 0.6 is 11.3 Å². The Labute approximate surface area is 110 Å². The molecule has 0 N–H and O–H groups in total. The normalized spacial score (nSPS) is 19.7. The van der Waals surface area contributed by atoms with E-state index in [4.69, 9.17) is 0 Å². The first-order valence-electron chi connectivity index (χ1n) is 6.02. The molecule has 1 fully saturated rings. The van der Waals surface area contributed by atoms with Crippen molar-refractivity contribution in [3.05, 3.63) is 16.6 Å². The number of nitrogens with zero attached hydrogens (tertiary/aromatic N) is 3. The van der Waals surface area contributed by atoms with E-state index in [1.54, 1.807) is 35.6 Å². The predicted octanol–water partition coefficient (Wildman–Crippen LogP) is 1.23. The van der Waals surface area contributed by atoms with Gasteiger partial charge in [-0.25, -0.2) is 0 Å². The number of rotatable bonds is 2. The van der Waals surface area contributed by atoms with Gasteiger partial charge in [0.25, 0.3) is 5.91 Å². The summed E-state index contributed by atoms with van der Waals surface area (Å²) in [5, 5.41) is 0. The largest absolute Gasteiger partial charge is 0.347 e. The molecule has 5 nitrogen and oxygen atoms in total. The second-order valence-corrected chi connectivity index (χ2v) is 5.49. The second-order valence-electron chi connectivity index (χ2n) is 4.61. The van der Waals surface area contributed by atoms with Gasteiger partial charge in [-0.05, 0) is 19.3 Å². The summed E-state index contributed by atoms with van der Waals surface area (Å²) in [5.74, 6) is -0.0648. The van der Waals surface area contributed by atoms with Gasteiger partial charge in [-0.2, -0.15) is 0 Å². The molecule has 1 aliphatic heterocycles. The highest BCUT2D eigenvalue weighted by atomic mass is 32.1. The molecular weight excluding hydrogens is 250 g/mol. The molecular formula is C12H17N3O2S. The third kappa shape index (κ3) is 2.53. The molecule has 1 saturated heterocycles. The van der Waals surface area contributed by atoms with Gasteiger partial charge in [0.15, 0.2) is 0 Å². The van der Waals surface area contributed by atoms with E-state index in [1.807, 2.05) is 0 Å². The lowest BCUT2D eigenvalue weighted by atomic mass is 10.0. The summed E-state index contributed by atoms with van der Waals surface area (Å²) in [6, 6.07) is -0.316. The number of carbonyl (C=O) groups is 2. The van der Waals surface area contributed by atoms with Crippen LogP contribution in [0, 0.1) is 0 Å². The number of thiazole rings is 1. The van der Waals surface area contributed by atoms with Gasteiger partial charge in [-0.3, -0.25) is 14.6 Å². The number of likely N-dealkylation sites (tertiary alicyclic amines) is 1. The van der Waals surface area contributed by atoms with E-state index in [0.29, 0.717) is 11.4 Å². The molecule has 0 unspecified atom stereocenters. The number of amides is 2. The van der Waals surface area contributed by atoms with Crippen LogP contribution in [0.3, 0.4) is 0 Å². The lowest BCUT2D eigenvalue weighted by Gasteiger charge is -2.35. The molecule has 2 amide bonds. The van der Waals surface area contributed by atoms with Crippen LogP contribution in [0.4, 0.5) is 0 Å². The Bertz CT molecular complexity index is 431. The first-order chi connectivity index (χ1) is 8.61. The minimum atomic E-state index is -0.316. The molecule has 6 heteroatoms. The summed E-state index contributed by atoms with van der Waals surface area (Å²) in [5.41, 5.74) is 1.64. The quantitative estimate of drug-likeness (QED) is 0.809. The summed E-state index contributed by atoms with van der Waals surface area (Å²) in [7, 11) is 3.46. The minimum Gasteiger partial charge on any atom is -0.347 e. The number of hydrogen-bond acceptors (Lipinski definition) is 4. The first-order valence-corrected chi connectivity index (χ1v) is 6.90. The maximum atomic E-state index is 12.3. The van der Waals surface area contributed by atoms with E-state index in [-0.39, 0.29) is 17.9 Å². The van der Waals surface area contributed by atoms with Gasteiger partial charge in [0.2, 0.25) is 5.91 Å². The number of likely N-dealkylation sites (N-methyl/N-ethyl adjacent to an activating group) is 1. The second kappa shape index (κ2) is 5.48. The van der Waals surface area contributed by atoms with Crippen molar-refractivity contribution in [2.45, 2.75) is 25.3 Å². The fourth-order valence-corrected chi connectivity index (χ4v) is 2.77. The van der Waals surface area contributed by atoms with Crippen LogP contribution in [0.5, 0.6) is 0 Å². The Morgan fingerprint density at radius 1 is 1.44 bits per heavy atom. The van der Waals surface area contributed by atoms with Gasteiger partial charge in [0, 0.05) is 20.6 Å². The highest BCUT2D eigenvalue weighted by Gasteiger charge is 2.33. The van der Waals surface area contributed by atoms with Crippen molar-refractivity contribution in [3.63, 3.8) is 0 Å². The van der Waals surface area contributed by atoms with Crippen LogP contribution in [0.25, 0.3) is 0 Å². The zero-order valence-corrected chi connectivity index (χ0v) is 11.4. The Morgan fingerprint density at radius 2 is 2.22 bits per heavy atom. The summed E-state index contributed by atoms with van der Waals surface area (Å²) >= 11 is 1.32. The van der Waals surface area contributed by atoms with Gasteiger partial charge >= 0.3 is 0 Å². The molecule has 0 spiro atoms. The molecule has 0 saturated carbocycles. The van der Waals surface area contributed by atoms with Gasteiger partial charge in [-0.15, -0.1) is 11.3 Å². The summed E-state index contributed by atoms with van der Waals surface area (Å²) in [6.45, 7) is 0.654. The molecule has 0 radical (unpaired) electrons. The van der Waals surface area contributed by atoms with Crippen LogP contribution < -0.4 is 0 Å². The molecule has 1 aliphatic rings. The zero-order chi connectivity index (χ0) is 13.1. The fraction of sp³-hybridized carbons (Fsp3) is 0.583. The molecule has 1 atom stereocenters. The number of carbonyl (C=O) groups excluding carboxylic acids is 2. The highest BCUT2D eigenvalue weighted by molar-refractivity contribution is 7.11. The van der Waals surface area contributed by atoms with Crippen molar-refractivity contribution in [1.29, 1.82) is 0 Å². The summed E-state index contributed by atoms with van der Waals surface area (Å²) in [4.78, 5) is 32.2. The van der Waals surface area contributed by atoms with Crippen molar-refractivity contribution >= 4 is 23.2 Å². The monoisotopic (exact) mass is 267 g/mol. The third-order valence-electron chi connectivity index (χ3n) is 3.13. The van der Waals surface area contributed by atoms with Gasteiger partial charge in [0.05, 0.1) is 11.7 Å². The lowest BCUT2D eigenvalue weighted by molar-refractivity contribution is -0.134. The zero-order valence-electron chi connectivity index (χ0n) is 10.6. The van der Waals surface area contributed by atoms with E-state index in [0.717, 1.165) is 19.3 Å². The highest BCUT2D eigenvalue weighted by Crippen LogP contribution is 2.22. The Morgan fingerprint density at radius 3 is 2.83 bits per heavy atom. The molecule has 2 heterocycles. The SMILES string of the molecule is CN(C)C(=O)[C@@H]1CCCCN1C(=O)c1cncs1. The van der Waals surface area contributed by atoms with Crippen molar-refractivity contribution in [3.8, 4) is 0 Å². The maximum absolute atomic E-state index is 12.3. The van der Waals surface area contributed by atoms with E-state index in [2.05, 4.69) is 4.98 Å². The number of hydrogen-bond donors (Lipinski definition) is 0. The predicted molar refractivity (Wildman–Crippen MR) is 69.5 cm³/mol. The topological polar surface area (TPSA) is 53.5 Å². The summed E-state index contributed by atoms with van der Waals surface area (Å²) in [6.07, 6.45) is 4.28. The Balaban J connectivity index is 2.18. The number of piperidine rings is 1. The molecule has 1 aromatic rings. The van der Waals surface area contributed by atoms with Crippen LogP contribution in [0.1, 0.15) is 28.9 Å². The van der Waals surface area contributed by atoms with Crippen LogP contribution in [0.15, 0.2) is 11.7 Å². The van der Waals surface area contributed by atoms with Crippen molar-refractivity contribution in [2.75, 3.05) is 20.6 Å². The molecule has 1 aromatic heterocycles. The van der Waals surface area contributed by atoms with Crippen LogP contribution in [-0.4, -0.2) is 53.3 Å². The molecule has 18 heavy (non-hydrogen) atoms. The average molecular weight is 267 g/mol. The van der Waals surface area contributed by atoms with E-state index in [1.165, 1.54) is 11.3 Å². The van der Waals surface area contributed by atoms with E-state index in [9.17, 15) is 9.59 Å². The van der Waals surface area contributed by atoms with Crippen molar-refractivity contribution in [1.82, 2.24) is 14.8 Å². The summed E-state index contributed by atoms with van der Waals surface area (Å²) < 4.78 is 0. The molecule has 0 aromatic carbocycles. The minimum absolute atomic E-state index is 0.00700. The van der Waals surface area contributed by atoms with Gasteiger partial charge < -0.3 is 9.80 Å². The lowest BCUT2D eigenvalue weighted by Crippen LogP contribution is -2.51.